The van der Waals surface area contributed by atoms with Crippen molar-refractivity contribution in [2.75, 3.05) is 31.5 Å². The summed E-state index contributed by atoms with van der Waals surface area (Å²) in [6.45, 7) is 6.53. The summed E-state index contributed by atoms with van der Waals surface area (Å²) in [4.78, 5) is 14.2. The zero-order chi connectivity index (χ0) is 13.0. The van der Waals surface area contributed by atoms with E-state index in [2.05, 4.69) is 32.1 Å². The lowest BCUT2D eigenvalue weighted by Crippen LogP contribution is -2.35. The van der Waals surface area contributed by atoms with E-state index in [4.69, 9.17) is 23.2 Å². The summed E-state index contributed by atoms with van der Waals surface area (Å²) in [7, 11) is 0. The van der Waals surface area contributed by atoms with E-state index in [1.54, 1.807) is 0 Å². The summed E-state index contributed by atoms with van der Waals surface area (Å²) in [6.07, 6.45) is 2.40. The van der Waals surface area contributed by atoms with Crippen LogP contribution in [-0.2, 0) is 0 Å². The first-order valence-electron chi connectivity index (χ1n) is 6.20. The maximum Gasteiger partial charge on any atom is 0.228 e. The average Bonchev–Trinajstić information content (AvgIpc) is 2.36. The van der Waals surface area contributed by atoms with Gasteiger partial charge in [0.25, 0.3) is 0 Å². The second-order valence-electron chi connectivity index (χ2n) is 4.46. The van der Waals surface area contributed by atoms with Crippen molar-refractivity contribution in [3.63, 3.8) is 0 Å². The van der Waals surface area contributed by atoms with Gasteiger partial charge in [-0.25, -0.2) is 0 Å². The third-order valence-electron chi connectivity index (χ3n) is 3.28. The highest BCUT2D eigenvalue weighted by Gasteiger charge is 2.18. The van der Waals surface area contributed by atoms with Gasteiger partial charge in [0.2, 0.25) is 16.5 Å². The SMILES string of the molecule is CCN1CCC(CNc2nc(Cl)nc(Cl)n2)CC1. The lowest BCUT2D eigenvalue weighted by atomic mass is 9.97. The van der Waals surface area contributed by atoms with Crippen LogP contribution in [0, 0.1) is 5.92 Å². The molecule has 2 heterocycles. The molecule has 0 radical (unpaired) electrons. The lowest BCUT2D eigenvalue weighted by Gasteiger charge is -2.30. The van der Waals surface area contributed by atoms with Crippen LogP contribution in [0.2, 0.25) is 10.6 Å². The van der Waals surface area contributed by atoms with Gasteiger partial charge in [0.05, 0.1) is 0 Å². The molecule has 0 spiro atoms. The maximum absolute atomic E-state index is 5.72. The van der Waals surface area contributed by atoms with Crippen molar-refractivity contribution < 1.29 is 0 Å². The predicted molar refractivity (Wildman–Crippen MR) is 73.2 cm³/mol. The van der Waals surface area contributed by atoms with E-state index in [0.29, 0.717) is 11.9 Å². The van der Waals surface area contributed by atoms with Gasteiger partial charge in [-0.1, -0.05) is 6.92 Å². The second-order valence-corrected chi connectivity index (χ2v) is 5.13. The minimum absolute atomic E-state index is 0.123. The van der Waals surface area contributed by atoms with Crippen LogP contribution in [0.15, 0.2) is 0 Å². The Morgan fingerprint density at radius 1 is 1.17 bits per heavy atom. The summed E-state index contributed by atoms with van der Waals surface area (Å²) >= 11 is 11.4. The molecular weight excluding hydrogens is 273 g/mol. The van der Waals surface area contributed by atoms with Gasteiger partial charge in [-0.2, -0.15) is 15.0 Å². The van der Waals surface area contributed by atoms with Gasteiger partial charge in [-0.3, -0.25) is 0 Å². The molecule has 1 aliphatic rings. The molecule has 0 unspecified atom stereocenters. The molecule has 0 bridgehead atoms. The van der Waals surface area contributed by atoms with Crippen LogP contribution in [0.25, 0.3) is 0 Å². The zero-order valence-corrected chi connectivity index (χ0v) is 11.9. The van der Waals surface area contributed by atoms with Gasteiger partial charge in [-0.05, 0) is 61.6 Å². The molecule has 0 amide bonds. The highest BCUT2D eigenvalue weighted by Crippen LogP contribution is 2.17. The number of hydrogen-bond acceptors (Lipinski definition) is 5. The van der Waals surface area contributed by atoms with E-state index >= 15 is 0 Å². The Kier molecular flexibility index (Phi) is 4.97. The van der Waals surface area contributed by atoms with Crippen molar-refractivity contribution in [3.05, 3.63) is 10.6 Å². The van der Waals surface area contributed by atoms with Crippen LogP contribution >= 0.6 is 23.2 Å². The Morgan fingerprint density at radius 3 is 2.33 bits per heavy atom. The smallest absolute Gasteiger partial charge is 0.228 e. The molecule has 1 aromatic rings. The van der Waals surface area contributed by atoms with Gasteiger partial charge in [0.1, 0.15) is 0 Å². The van der Waals surface area contributed by atoms with Gasteiger partial charge in [0.15, 0.2) is 0 Å². The monoisotopic (exact) mass is 289 g/mol. The van der Waals surface area contributed by atoms with Crippen molar-refractivity contribution in [1.29, 1.82) is 0 Å². The fraction of sp³-hybridized carbons (Fsp3) is 0.727. The molecule has 1 N–H and O–H groups in total. The summed E-state index contributed by atoms with van der Waals surface area (Å²) in [5.41, 5.74) is 0. The minimum Gasteiger partial charge on any atom is -0.354 e. The molecule has 1 saturated heterocycles. The quantitative estimate of drug-likeness (QED) is 0.922. The fourth-order valence-electron chi connectivity index (χ4n) is 2.15. The Balaban J connectivity index is 1.81. The van der Waals surface area contributed by atoms with Gasteiger partial charge in [0, 0.05) is 6.54 Å². The van der Waals surface area contributed by atoms with E-state index in [0.717, 1.165) is 13.1 Å². The van der Waals surface area contributed by atoms with Crippen molar-refractivity contribution >= 4 is 29.2 Å². The number of halogens is 2. The Bertz CT molecular complexity index is 373. The topological polar surface area (TPSA) is 53.9 Å². The molecule has 0 saturated carbocycles. The van der Waals surface area contributed by atoms with Crippen LogP contribution in [0.1, 0.15) is 19.8 Å². The number of aromatic nitrogens is 3. The lowest BCUT2D eigenvalue weighted by molar-refractivity contribution is 0.198. The molecule has 1 aliphatic heterocycles. The average molecular weight is 290 g/mol. The Morgan fingerprint density at radius 2 is 1.78 bits per heavy atom. The van der Waals surface area contributed by atoms with E-state index < -0.39 is 0 Å². The van der Waals surface area contributed by atoms with E-state index in [1.807, 2.05) is 0 Å². The van der Waals surface area contributed by atoms with E-state index in [9.17, 15) is 0 Å². The molecule has 1 aromatic heterocycles. The molecule has 0 aliphatic carbocycles. The zero-order valence-electron chi connectivity index (χ0n) is 10.4. The minimum atomic E-state index is 0.123. The number of anilines is 1. The van der Waals surface area contributed by atoms with Crippen molar-refractivity contribution in [1.82, 2.24) is 19.9 Å². The Labute approximate surface area is 117 Å². The molecular formula is C11H17Cl2N5. The van der Waals surface area contributed by atoms with Crippen molar-refractivity contribution in [3.8, 4) is 0 Å². The fourth-order valence-corrected chi connectivity index (χ4v) is 2.51. The van der Waals surface area contributed by atoms with E-state index in [1.165, 1.54) is 25.9 Å². The number of nitrogens with one attached hydrogen (secondary N) is 1. The molecule has 5 nitrogen and oxygen atoms in total. The highest BCUT2D eigenvalue weighted by atomic mass is 35.5. The molecule has 100 valence electrons. The second kappa shape index (κ2) is 6.50. The Hall–Kier alpha value is -0.650. The number of likely N-dealkylation sites (tertiary alicyclic amines) is 1. The van der Waals surface area contributed by atoms with Crippen LogP contribution < -0.4 is 5.32 Å². The summed E-state index contributed by atoms with van der Waals surface area (Å²) in [5, 5.41) is 3.43. The predicted octanol–water partition coefficient (Wildman–Crippen LogP) is 2.32. The van der Waals surface area contributed by atoms with Crippen LogP contribution in [-0.4, -0.2) is 46.0 Å². The molecule has 2 rings (SSSR count). The summed E-state index contributed by atoms with van der Waals surface area (Å²) in [5.74, 6) is 1.11. The largest absolute Gasteiger partial charge is 0.354 e. The van der Waals surface area contributed by atoms with Crippen molar-refractivity contribution in [2.45, 2.75) is 19.8 Å². The first-order chi connectivity index (χ1) is 8.67. The number of nitrogens with zero attached hydrogens (tertiary/aromatic N) is 4. The van der Waals surface area contributed by atoms with Crippen LogP contribution in [0.5, 0.6) is 0 Å². The number of hydrogen-bond donors (Lipinski definition) is 1. The first kappa shape index (κ1) is 13.8. The molecule has 18 heavy (non-hydrogen) atoms. The normalized spacial score (nSPS) is 17.9. The number of piperidine rings is 1. The van der Waals surface area contributed by atoms with Gasteiger partial charge >= 0.3 is 0 Å². The molecule has 0 aromatic carbocycles. The number of rotatable bonds is 4. The standard InChI is InChI=1S/C11H17Cl2N5/c1-2-18-5-3-8(4-6-18)7-14-11-16-9(12)15-10(13)17-11/h8H,2-7H2,1H3,(H,14,15,16,17). The summed E-state index contributed by atoms with van der Waals surface area (Å²) < 4.78 is 0. The van der Waals surface area contributed by atoms with Gasteiger partial charge < -0.3 is 10.2 Å². The molecule has 1 fully saturated rings. The van der Waals surface area contributed by atoms with Gasteiger partial charge in [-0.15, -0.1) is 0 Å². The first-order valence-corrected chi connectivity index (χ1v) is 6.96. The summed E-state index contributed by atoms with van der Waals surface area (Å²) in [6, 6.07) is 0. The van der Waals surface area contributed by atoms with Crippen LogP contribution in [0.3, 0.4) is 0 Å². The highest BCUT2D eigenvalue weighted by molar-refractivity contribution is 6.31. The molecule has 0 atom stereocenters. The third kappa shape index (κ3) is 3.93. The van der Waals surface area contributed by atoms with E-state index in [-0.39, 0.29) is 10.6 Å². The van der Waals surface area contributed by atoms with Crippen LogP contribution in [0.4, 0.5) is 5.95 Å². The maximum atomic E-state index is 5.72. The molecule has 7 heteroatoms. The van der Waals surface area contributed by atoms with Crippen molar-refractivity contribution in [2.24, 2.45) is 5.92 Å². The third-order valence-corrected chi connectivity index (χ3v) is 3.62.